The predicted octanol–water partition coefficient (Wildman–Crippen LogP) is 1.62. The first kappa shape index (κ1) is 17.9. The lowest BCUT2D eigenvalue weighted by atomic mass is 10.1. The van der Waals surface area contributed by atoms with Crippen LogP contribution in [0.15, 0.2) is 24.3 Å². The van der Waals surface area contributed by atoms with Gasteiger partial charge in [0.25, 0.3) is 0 Å². The highest BCUT2D eigenvalue weighted by atomic mass is 35.5. The topological polar surface area (TPSA) is 80.5 Å². The van der Waals surface area contributed by atoms with Crippen LogP contribution in [0.2, 0.25) is 5.02 Å². The highest BCUT2D eigenvalue weighted by Crippen LogP contribution is 2.21. The second-order valence-electron chi connectivity index (χ2n) is 5.08. The molecule has 118 valence electrons. The molecule has 0 unspecified atom stereocenters. The van der Waals surface area contributed by atoms with E-state index in [2.05, 4.69) is 0 Å². The summed E-state index contributed by atoms with van der Waals surface area (Å²) in [6.07, 6.45) is -0.129. The van der Waals surface area contributed by atoms with Crippen LogP contribution < -0.4 is 5.73 Å². The van der Waals surface area contributed by atoms with Gasteiger partial charge in [0.2, 0.25) is 5.91 Å². The highest BCUT2D eigenvalue weighted by molar-refractivity contribution is 7.91. The largest absolute Gasteiger partial charge is 0.370 e. The summed E-state index contributed by atoms with van der Waals surface area (Å²) in [6, 6.07) is 7.53. The molecular formula is C14H21ClN2O3S. The van der Waals surface area contributed by atoms with Crippen molar-refractivity contribution in [1.82, 2.24) is 4.90 Å². The lowest BCUT2D eigenvalue weighted by Gasteiger charge is -2.25. The molecule has 0 saturated heterocycles. The normalized spacial score (nSPS) is 13.3. The molecule has 5 nitrogen and oxygen atoms in total. The zero-order valence-electron chi connectivity index (χ0n) is 12.3. The van der Waals surface area contributed by atoms with Crippen molar-refractivity contribution in [2.24, 2.45) is 5.73 Å². The molecule has 1 atom stereocenters. The Morgan fingerprint density at radius 1 is 1.38 bits per heavy atom. The van der Waals surface area contributed by atoms with Crippen molar-refractivity contribution < 1.29 is 13.2 Å². The van der Waals surface area contributed by atoms with Crippen LogP contribution in [0.1, 0.15) is 24.9 Å². The predicted molar refractivity (Wildman–Crippen MR) is 85.0 cm³/mol. The van der Waals surface area contributed by atoms with Crippen LogP contribution in [0.5, 0.6) is 0 Å². The van der Waals surface area contributed by atoms with Crippen LogP contribution in [-0.2, 0) is 14.6 Å². The molecule has 0 bridgehead atoms. The van der Waals surface area contributed by atoms with E-state index in [1.807, 2.05) is 37.1 Å². The second kappa shape index (κ2) is 7.77. The smallest absolute Gasteiger partial charge is 0.218 e. The second-order valence-corrected chi connectivity index (χ2v) is 7.82. The first-order valence-corrected chi connectivity index (χ1v) is 8.85. The lowest BCUT2D eigenvalue weighted by Crippen LogP contribution is -2.30. The summed E-state index contributed by atoms with van der Waals surface area (Å²) in [5, 5.41) is 0.654. The van der Waals surface area contributed by atoms with E-state index in [-0.39, 0.29) is 24.0 Å². The van der Waals surface area contributed by atoms with Gasteiger partial charge in [-0.3, -0.25) is 9.69 Å². The van der Waals surface area contributed by atoms with Crippen LogP contribution in [0.3, 0.4) is 0 Å². The van der Waals surface area contributed by atoms with Crippen LogP contribution in [-0.4, -0.2) is 44.3 Å². The van der Waals surface area contributed by atoms with Crippen molar-refractivity contribution in [3.05, 3.63) is 34.9 Å². The molecule has 2 N–H and O–H groups in total. The molecule has 0 aliphatic carbocycles. The minimum absolute atomic E-state index is 0.00167. The van der Waals surface area contributed by atoms with Gasteiger partial charge in [0.05, 0.1) is 11.5 Å². The monoisotopic (exact) mass is 332 g/mol. The van der Waals surface area contributed by atoms with Crippen molar-refractivity contribution in [3.63, 3.8) is 0 Å². The minimum atomic E-state index is -3.26. The zero-order chi connectivity index (χ0) is 16.0. The van der Waals surface area contributed by atoms with E-state index in [1.54, 1.807) is 6.07 Å². The molecule has 7 heteroatoms. The van der Waals surface area contributed by atoms with E-state index in [0.29, 0.717) is 11.6 Å². The summed E-state index contributed by atoms with van der Waals surface area (Å²) in [6.45, 7) is 2.37. The number of hydrogen-bond donors (Lipinski definition) is 1. The summed E-state index contributed by atoms with van der Waals surface area (Å²) in [4.78, 5) is 12.6. The Bertz CT molecular complexity index is 590. The molecule has 0 aromatic heterocycles. The Morgan fingerprint density at radius 2 is 2.05 bits per heavy atom. The molecule has 21 heavy (non-hydrogen) atoms. The molecule has 0 spiro atoms. The van der Waals surface area contributed by atoms with Gasteiger partial charge in [-0.2, -0.15) is 0 Å². The third-order valence-electron chi connectivity index (χ3n) is 3.41. The van der Waals surface area contributed by atoms with E-state index in [4.69, 9.17) is 17.3 Å². The van der Waals surface area contributed by atoms with E-state index >= 15 is 0 Å². The first-order chi connectivity index (χ1) is 9.71. The van der Waals surface area contributed by atoms with Crippen LogP contribution in [0, 0.1) is 0 Å². The van der Waals surface area contributed by atoms with Crippen molar-refractivity contribution in [3.8, 4) is 0 Å². The number of hydrogen-bond acceptors (Lipinski definition) is 4. The molecule has 1 rings (SSSR count). The number of nitrogens with zero attached hydrogens (tertiary/aromatic N) is 1. The Morgan fingerprint density at radius 3 is 2.62 bits per heavy atom. The highest BCUT2D eigenvalue weighted by Gasteiger charge is 2.17. The van der Waals surface area contributed by atoms with Crippen molar-refractivity contribution >= 4 is 27.3 Å². The fourth-order valence-corrected chi connectivity index (χ4v) is 3.34. The maximum absolute atomic E-state index is 11.8. The Kier molecular flexibility index (Phi) is 6.64. The standard InChI is InChI=1S/C14H21ClN2O3S/c1-11(12-4-3-5-13(15)10-12)17(2)7-9-21(19,20)8-6-14(16)18/h3-5,10-11H,6-9H2,1-2H3,(H2,16,18)/t11-/m1/s1. The number of rotatable bonds is 8. The number of benzene rings is 1. The summed E-state index contributed by atoms with van der Waals surface area (Å²) in [5.41, 5.74) is 6.00. The Labute approximate surface area is 131 Å². The maximum atomic E-state index is 11.8. The molecule has 0 fully saturated rings. The van der Waals surface area contributed by atoms with Crippen LogP contribution in [0.25, 0.3) is 0 Å². The average Bonchev–Trinajstić information content (AvgIpc) is 2.42. The number of carbonyl (C=O) groups excluding carboxylic acids is 1. The van der Waals surface area contributed by atoms with Crippen molar-refractivity contribution in [2.45, 2.75) is 19.4 Å². The molecule has 0 radical (unpaired) electrons. The van der Waals surface area contributed by atoms with Gasteiger partial charge < -0.3 is 5.73 Å². The average molecular weight is 333 g/mol. The van der Waals surface area contributed by atoms with Crippen LogP contribution >= 0.6 is 11.6 Å². The molecular weight excluding hydrogens is 312 g/mol. The summed E-state index contributed by atoms with van der Waals surface area (Å²) < 4.78 is 23.6. The quantitative estimate of drug-likeness (QED) is 0.784. The van der Waals surface area contributed by atoms with Crippen molar-refractivity contribution in [1.29, 1.82) is 0 Å². The summed E-state index contributed by atoms with van der Waals surface area (Å²) >= 11 is 5.96. The molecule has 1 amide bonds. The Hall–Kier alpha value is -1.11. The van der Waals surface area contributed by atoms with Gasteiger partial charge in [0.15, 0.2) is 9.84 Å². The van der Waals surface area contributed by atoms with Gasteiger partial charge >= 0.3 is 0 Å². The Balaban J connectivity index is 2.57. The van der Waals surface area contributed by atoms with Gasteiger partial charge in [-0.1, -0.05) is 23.7 Å². The van der Waals surface area contributed by atoms with Gasteiger partial charge in [-0.25, -0.2) is 8.42 Å². The van der Waals surface area contributed by atoms with Crippen molar-refractivity contribution in [2.75, 3.05) is 25.1 Å². The fourth-order valence-electron chi connectivity index (χ4n) is 1.86. The molecule has 0 aliphatic rings. The van der Waals surface area contributed by atoms with Gasteiger partial charge in [-0.15, -0.1) is 0 Å². The maximum Gasteiger partial charge on any atom is 0.218 e. The summed E-state index contributed by atoms with van der Waals surface area (Å²) in [7, 11) is -1.41. The van der Waals surface area contributed by atoms with E-state index in [1.165, 1.54) is 0 Å². The molecule has 0 aliphatic heterocycles. The zero-order valence-corrected chi connectivity index (χ0v) is 13.8. The number of amides is 1. The first-order valence-electron chi connectivity index (χ1n) is 6.66. The third-order valence-corrected chi connectivity index (χ3v) is 5.27. The number of nitrogens with two attached hydrogens (primary N) is 1. The molecule has 0 heterocycles. The van der Waals surface area contributed by atoms with Gasteiger partial charge in [-0.05, 0) is 31.7 Å². The minimum Gasteiger partial charge on any atom is -0.370 e. The number of halogens is 1. The SMILES string of the molecule is C[C@H](c1cccc(Cl)c1)N(C)CCS(=O)(=O)CCC(N)=O. The van der Waals surface area contributed by atoms with Crippen LogP contribution in [0.4, 0.5) is 0 Å². The number of primary amides is 1. The van der Waals surface area contributed by atoms with Gasteiger partial charge in [0.1, 0.15) is 0 Å². The molecule has 1 aromatic carbocycles. The van der Waals surface area contributed by atoms with E-state index < -0.39 is 15.7 Å². The number of carbonyl (C=O) groups is 1. The van der Waals surface area contributed by atoms with Gasteiger partial charge in [0, 0.05) is 24.0 Å². The lowest BCUT2D eigenvalue weighted by molar-refractivity contribution is -0.117. The fraction of sp³-hybridized carbons (Fsp3) is 0.500. The molecule has 0 saturated carbocycles. The summed E-state index contributed by atoms with van der Waals surface area (Å²) in [5.74, 6) is -0.789. The van der Waals surface area contributed by atoms with E-state index in [9.17, 15) is 13.2 Å². The number of sulfone groups is 1. The third kappa shape index (κ3) is 6.46. The molecule has 1 aromatic rings. The van der Waals surface area contributed by atoms with E-state index in [0.717, 1.165) is 5.56 Å².